The van der Waals surface area contributed by atoms with Crippen LogP contribution in [0.5, 0.6) is 0 Å². The number of rotatable bonds is 12. The van der Waals surface area contributed by atoms with Crippen molar-refractivity contribution in [1.82, 2.24) is 0 Å². The second-order valence-electron chi connectivity index (χ2n) is 10.8. The Bertz CT molecular complexity index is 1090. The molecule has 0 aromatic rings. The maximum absolute atomic E-state index is 13.4. The van der Waals surface area contributed by atoms with Crippen molar-refractivity contribution in [1.29, 1.82) is 0 Å². The number of ether oxygens (including phenoxy) is 2. The highest BCUT2D eigenvalue weighted by Crippen LogP contribution is 2.53. The van der Waals surface area contributed by atoms with E-state index in [1.165, 1.54) is 6.08 Å². The van der Waals surface area contributed by atoms with Crippen LogP contribution >= 0.6 is 0 Å². The Hall–Kier alpha value is -3.14. The van der Waals surface area contributed by atoms with Crippen molar-refractivity contribution in [2.75, 3.05) is 6.61 Å². The van der Waals surface area contributed by atoms with E-state index in [0.29, 0.717) is 25.7 Å². The van der Waals surface area contributed by atoms with Gasteiger partial charge >= 0.3 is 11.9 Å². The van der Waals surface area contributed by atoms with E-state index >= 15 is 0 Å². The average Bonchev–Trinajstić information content (AvgIpc) is 3.13. The van der Waals surface area contributed by atoms with Crippen LogP contribution in [-0.4, -0.2) is 41.4 Å². The quantitative estimate of drug-likeness (QED) is 0.112. The average molecular weight is 536 g/mol. The second-order valence-corrected chi connectivity index (χ2v) is 10.8. The third-order valence-electron chi connectivity index (χ3n) is 7.63. The molecule has 0 bridgehead atoms. The van der Waals surface area contributed by atoms with Gasteiger partial charge in [-0.25, -0.2) is 4.79 Å². The first-order chi connectivity index (χ1) is 18.5. The molecule has 1 aliphatic carbocycles. The molecule has 39 heavy (non-hydrogen) atoms. The highest BCUT2D eigenvalue weighted by atomic mass is 16.5. The summed E-state index contributed by atoms with van der Waals surface area (Å²) >= 11 is 0. The lowest BCUT2D eigenvalue weighted by Gasteiger charge is -2.43. The number of carbonyl (C=O) groups is 2. The maximum atomic E-state index is 13.4. The molecule has 6 atom stereocenters. The van der Waals surface area contributed by atoms with E-state index in [9.17, 15) is 14.7 Å². The van der Waals surface area contributed by atoms with E-state index in [-0.39, 0.29) is 30.5 Å². The minimum Gasteiger partial charge on any atom is -0.464 e. The summed E-state index contributed by atoms with van der Waals surface area (Å²) in [5, 5.41) is 11.7. The van der Waals surface area contributed by atoms with Crippen LogP contribution in [0.2, 0.25) is 0 Å². The summed E-state index contributed by atoms with van der Waals surface area (Å²) in [6, 6.07) is -0.750. The minimum absolute atomic E-state index is 0.0929. The number of carbonyl (C=O) groups excluding carboxylic acids is 2. The van der Waals surface area contributed by atoms with Gasteiger partial charge < -0.3 is 20.3 Å². The van der Waals surface area contributed by atoms with Gasteiger partial charge in [-0.2, -0.15) is 0 Å². The van der Waals surface area contributed by atoms with E-state index in [2.05, 4.69) is 25.8 Å². The normalized spacial score (nSPS) is 29.6. The smallest absolute Gasteiger partial charge is 0.331 e. The Balaban J connectivity index is 2.11. The highest BCUT2D eigenvalue weighted by molar-refractivity contribution is 5.83. The van der Waals surface area contributed by atoms with Gasteiger partial charge in [0.2, 0.25) is 0 Å². The molecule has 6 unspecified atom stereocenters. The summed E-state index contributed by atoms with van der Waals surface area (Å²) in [7, 11) is 0. The summed E-state index contributed by atoms with van der Waals surface area (Å²) < 4.78 is 10.8. The van der Waals surface area contributed by atoms with Crippen LogP contribution in [0.25, 0.3) is 0 Å². The fraction of sp³-hybridized carbons (Fsp3) is 0.515. The fourth-order valence-corrected chi connectivity index (χ4v) is 5.59. The van der Waals surface area contributed by atoms with Gasteiger partial charge in [0.25, 0.3) is 0 Å². The summed E-state index contributed by atoms with van der Waals surface area (Å²) in [6.07, 6.45) is 26.5. The first-order valence-electron chi connectivity index (χ1n) is 13.8. The number of terminal acetylenes is 1. The van der Waals surface area contributed by atoms with Crippen molar-refractivity contribution in [2.24, 2.45) is 23.0 Å². The van der Waals surface area contributed by atoms with Crippen LogP contribution in [0, 0.1) is 29.6 Å². The lowest BCUT2D eigenvalue weighted by atomic mass is 9.66. The van der Waals surface area contributed by atoms with Gasteiger partial charge in [0.1, 0.15) is 23.7 Å². The van der Waals surface area contributed by atoms with Gasteiger partial charge in [0, 0.05) is 25.0 Å². The van der Waals surface area contributed by atoms with E-state index in [4.69, 9.17) is 21.6 Å². The minimum atomic E-state index is -1.42. The molecule has 0 aromatic carbocycles. The van der Waals surface area contributed by atoms with Crippen LogP contribution in [0.4, 0.5) is 0 Å². The van der Waals surface area contributed by atoms with Crippen LogP contribution < -0.4 is 5.73 Å². The number of allylic oxidation sites excluding steroid dienone is 7. The molecule has 1 fully saturated rings. The van der Waals surface area contributed by atoms with Crippen LogP contribution in [-0.2, 0) is 19.1 Å². The molecule has 212 valence electrons. The molecular weight excluding hydrogens is 490 g/mol. The molecule has 0 amide bonds. The maximum Gasteiger partial charge on any atom is 0.331 e. The van der Waals surface area contributed by atoms with Crippen LogP contribution in [0.3, 0.4) is 0 Å². The van der Waals surface area contributed by atoms with Crippen molar-refractivity contribution < 1.29 is 24.2 Å². The molecule has 2 aliphatic rings. The molecule has 3 N–H and O–H groups in total. The summed E-state index contributed by atoms with van der Waals surface area (Å²) in [6.45, 7) is 10.1. The van der Waals surface area contributed by atoms with Crippen LogP contribution in [0.1, 0.15) is 66.7 Å². The van der Waals surface area contributed by atoms with Crippen molar-refractivity contribution in [3.05, 3.63) is 71.9 Å². The Labute approximate surface area is 234 Å². The number of aliphatic hydroxyl groups is 1. The summed E-state index contributed by atoms with van der Waals surface area (Å²) in [5.41, 5.74) is 6.17. The third kappa shape index (κ3) is 8.17. The lowest BCUT2D eigenvalue weighted by molar-refractivity contribution is -0.170. The lowest BCUT2D eigenvalue weighted by Crippen LogP contribution is -2.60. The fourth-order valence-electron chi connectivity index (χ4n) is 5.59. The largest absolute Gasteiger partial charge is 0.464 e. The molecule has 1 aliphatic heterocycles. The summed E-state index contributed by atoms with van der Waals surface area (Å²) in [4.78, 5) is 24.8. The molecule has 0 saturated heterocycles. The molecule has 6 heteroatoms. The van der Waals surface area contributed by atoms with Crippen molar-refractivity contribution in [3.8, 4) is 12.3 Å². The van der Waals surface area contributed by atoms with Gasteiger partial charge in [-0.1, -0.05) is 73.6 Å². The third-order valence-corrected chi connectivity index (χ3v) is 7.63. The molecular formula is C33H45NO5. The standard InChI is InChI=1S/C33H45NO5/c1-7-9-21-38-31(36)32(20-18-27(6)33(32,37)19-8-2)29(34)14-10-12-24(3)22-26(5)23-25(4)16-17-28-13-11-15-30(35)39-28/h1,8,10-12,14-17,19,23,26-29,37H,9,13,18,20-22,34H2,2-6H3/b14-10+,17-16+,19-8+,24-12+,25-23-. The molecule has 0 aromatic heterocycles. The van der Waals surface area contributed by atoms with Gasteiger partial charge in [-0.3, -0.25) is 4.79 Å². The Kier molecular flexibility index (Phi) is 12.2. The zero-order valence-corrected chi connectivity index (χ0v) is 24.1. The number of hydrogen-bond acceptors (Lipinski definition) is 6. The zero-order chi connectivity index (χ0) is 29.1. The number of esters is 2. The Morgan fingerprint density at radius 2 is 2.15 bits per heavy atom. The second kappa shape index (κ2) is 14.9. The predicted molar refractivity (Wildman–Crippen MR) is 156 cm³/mol. The van der Waals surface area contributed by atoms with E-state index in [1.807, 2.05) is 51.2 Å². The molecule has 2 rings (SSSR count). The Morgan fingerprint density at radius 1 is 1.41 bits per heavy atom. The number of hydrogen-bond donors (Lipinski definition) is 2. The molecule has 1 saturated carbocycles. The SMILES string of the molecule is C#CCCOC(=O)C1(C(N)/C=C/C=C(\C)CC(C)/C=C(C)\C=C\C2CC=CC(=O)O2)CCC(C)C1(O)/C=C/C. The van der Waals surface area contributed by atoms with Gasteiger partial charge in [-0.15, -0.1) is 12.3 Å². The van der Waals surface area contributed by atoms with Crippen LogP contribution in [0.15, 0.2) is 71.9 Å². The first kappa shape index (κ1) is 32.1. The van der Waals surface area contributed by atoms with Crippen molar-refractivity contribution >= 4 is 11.9 Å². The summed E-state index contributed by atoms with van der Waals surface area (Å²) in [5.74, 6) is 1.79. The number of cyclic esters (lactones) is 1. The number of nitrogens with two attached hydrogens (primary N) is 1. The monoisotopic (exact) mass is 535 g/mol. The van der Waals surface area contributed by atoms with Gasteiger partial charge in [0.05, 0.1) is 0 Å². The van der Waals surface area contributed by atoms with E-state index < -0.39 is 23.0 Å². The van der Waals surface area contributed by atoms with Crippen molar-refractivity contribution in [3.63, 3.8) is 0 Å². The highest BCUT2D eigenvalue weighted by Gasteiger charge is 2.64. The zero-order valence-electron chi connectivity index (χ0n) is 24.1. The predicted octanol–water partition coefficient (Wildman–Crippen LogP) is 5.51. The first-order valence-corrected chi connectivity index (χ1v) is 13.8. The molecule has 6 nitrogen and oxygen atoms in total. The van der Waals surface area contributed by atoms with E-state index in [1.54, 1.807) is 18.2 Å². The Morgan fingerprint density at radius 3 is 2.82 bits per heavy atom. The topological polar surface area (TPSA) is 98.9 Å². The van der Waals surface area contributed by atoms with Gasteiger partial charge in [-0.05, 0) is 57.9 Å². The van der Waals surface area contributed by atoms with Gasteiger partial charge in [0.15, 0.2) is 0 Å². The molecule has 0 spiro atoms. The van der Waals surface area contributed by atoms with E-state index in [0.717, 1.165) is 17.6 Å². The van der Waals surface area contributed by atoms with Crippen molar-refractivity contribution in [2.45, 2.75) is 84.5 Å². The molecule has 0 radical (unpaired) electrons. The molecule has 1 heterocycles.